The van der Waals surface area contributed by atoms with E-state index in [1.165, 1.54) is 0 Å². The number of fused-ring (bicyclic) bond motifs is 1. The number of rotatable bonds is 3. The van der Waals surface area contributed by atoms with Gasteiger partial charge in [-0.25, -0.2) is 18.1 Å². The van der Waals surface area contributed by atoms with Gasteiger partial charge in [0.05, 0.1) is 19.1 Å². The number of hydrogen-bond donors (Lipinski definition) is 0. The third kappa shape index (κ3) is 2.02. The highest BCUT2D eigenvalue weighted by molar-refractivity contribution is 7.92. The third-order valence-electron chi connectivity index (χ3n) is 4.14. The van der Waals surface area contributed by atoms with E-state index in [0.29, 0.717) is 25.1 Å². The molecular formula is C14H14BN3O2S. The zero-order chi connectivity index (χ0) is 14.6. The SMILES string of the molecule is [B][C@H]1C[C@@H](c2ccccc2)n2nc(S(=O)(=O)C3CC3)nc21. The zero-order valence-electron chi connectivity index (χ0n) is 11.4. The molecular weight excluding hydrogens is 285 g/mol. The molecule has 1 fully saturated rings. The molecule has 0 spiro atoms. The summed E-state index contributed by atoms with van der Waals surface area (Å²) in [5.74, 6) is 0.300. The van der Waals surface area contributed by atoms with E-state index in [0.717, 1.165) is 5.56 Å². The minimum absolute atomic E-state index is 0.0353. The van der Waals surface area contributed by atoms with Crippen LogP contribution >= 0.6 is 0 Å². The highest BCUT2D eigenvalue weighted by atomic mass is 32.2. The summed E-state index contributed by atoms with van der Waals surface area (Å²) in [6.45, 7) is 0. The molecule has 2 aliphatic rings. The second-order valence-corrected chi connectivity index (χ2v) is 7.83. The molecule has 1 aliphatic heterocycles. The van der Waals surface area contributed by atoms with Crippen LogP contribution in [0.4, 0.5) is 0 Å². The summed E-state index contributed by atoms with van der Waals surface area (Å²) in [7, 11) is 2.73. The van der Waals surface area contributed by atoms with Gasteiger partial charge in [0.25, 0.3) is 5.16 Å². The molecule has 5 nitrogen and oxygen atoms in total. The first-order chi connectivity index (χ1) is 10.1. The molecule has 2 heterocycles. The quantitative estimate of drug-likeness (QED) is 0.804. The van der Waals surface area contributed by atoms with E-state index in [2.05, 4.69) is 10.1 Å². The summed E-state index contributed by atoms with van der Waals surface area (Å²) >= 11 is 0. The van der Waals surface area contributed by atoms with Gasteiger partial charge in [0.15, 0.2) is 0 Å². The number of benzene rings is 1. The molecule has 0 bridgehead atoms. The van der Waals surface area contributed by atoms with Crippen LogP contribution in [0.2, 0.25) is 0 Å². The Kier molecular flexibility index (Phi) is 2.76. The largest absolute Gasteiger partial charge is 0.267 e. The number of nitrogens with zero attached hydrogens (tertiary/aromatic N) is 3. The van der Waals surface area contributed by atoms with Gasteiger partial charge in [-0.05, 0) is 30.6 Å². The van der Waals surface area contributed by atoms with E-state index in [4.69, 9.17) is 7.85 Å². The molecule has 2 atom stereocenters. The highest BCUT2D eigenvalue weighted by Crippen LogP contribution is 2.39. The van der Waals surface area contributed by atoms with Crippen LogP contribution in [-0.2, 0) is 9.84 Å². The topological polar surface area (TPSA) is 64.8 Å². The second kappa shape index (κ2) is 4.43. The van der Waals surface area contributed by atoms with Crippen molar-refractivity contribution in [3.8, 4) is 0 Å². The van der Waals surface area contributed by atoms with Crippen LogP contribution in [0.25, 0.3) is 0 Å². The van der Waals surface area contributed by atoms with Crippen molar-refractivity contribution in [3.05, 3.63) is 41.7 Å². The van der Waals surface area contributed by atoms with Gasteiger partial charge < -0.3 is 0 Å². The Hall–Kier alpha value is -1.63. The van der Waals surface area contributed by atoms with Crippen LogP contribution < -0.4 is 0 Å². The standard InChI is InChI=1S/C14H14BN3O2S/c15-11-8-12(9-4-2-1-3-5-9)18-13(11)16-14(17-18)21(19,20)10-6-7-10/h1-5,10-12H,6-8H2/t11-,12-/m0/s1. The van der Waals surface area contributed by atoms with Crippen LogP contribution in [0.15, 0.2) is 35.5 Å². The van der Waals surface area contributed by atoms with E-state index in [1.807, 2.05) is 30.3 Å². The first-order valence-electron chi connectivity index (χ1n) is 7.08. The van der Waals surface area contributed by atoms with Crippen molar-refractivity contribution in [3.63, 3.8) is 0 Å². The molecule has 1 aliphatic carbocycles. The predicted octanol–water partition coefficient (Wildman–Crippen LogP) is 1.42. The van der Waals surface area contributed by atoms with Gasteiger partial charge in [0.1, 0.15) is 5.82 Å². The smallest absolute Gasteiger partial charge is 0.242 e. The third-order valence-corrected chi connectivity index (χ3v) is 6.18. The van der Waals surface area contributed by atoms with Crippen LogP contribution in [0.5, 0.6) is 0 Å². The summed E-state index contributed by atoms with van der Waals surface area (Å²) < 4.78 is 26.2. The molecule has 0 N–H and O–H groups in total. The minimum atomic E-state index is -3.37. The fraction of sp³-hybridized carbons (Fsp3) is 0.429. The van der Waals surface area contributed by atoms with Crippen molar-refractivity contribution < 1.29 is 8.42 Å². The Bertz CT molecular complexity index is 784. The van der Waals surface area contributed by atoms with Crippen molar-refractivity contribution in [2.45, 2.75) is 41.5 Å². The molecule has 0 amide bonds. The Morgan fingerprint density at radius 1 is 1.19 bits per heavy atom. The average Bonchev–Trinajstić information content (AvgIpc) is 3.17. The fourth-order valence-corrected chi connectivity index (χ4v) is 4.32. The van der Waals surface area contributed by atoms with E-state index >= 15 is 0 Å². The monoisotopic (exact) mass is 299 g/mol. The van der Waals surface area contributed by atoms with E-state index < -0.39 is 9.84 Å². The minimum Gasteiger partial charge on any atom is -0.242 e. The number of hydrogen-bond acceptors (Lipinski definition) is 4. The summed E-state index contributed by atoms with van der Waals surface area (Å²) in [5.41, 5.74) is 1.08. The van der Waals surface area contributed by atoms with Crippen molar-refractivity contribution in [2.24, 2.45) is 0 Å². The highest BCUT2D eigenvalue weighted by Gasteiger charge is 2.42. The van der Waals surface area contributed by atoms with E-state index in [1.54, 1.807) is 4.68 Å². The van der Waals surface area contributed by atoms with Crippen LogP contribution in [0.1, 0.15) is 42.5 Å². The van der Waals surface area contributed by atoms with Crippen LogP contribution in [-0.4, -0.2) is 36.3 Å². The van der Waals surface area contributed by atoms with Crippen molar-refractivity contribution >= 4 is 17.7 Å². The molecule has 1 saturated carbocycles. The molecule has 21 heavy (non-hydrogen) atoms. The Labute approximate surface area is 124 Å². The lowest BCUT2D eigenvalue weighted by atomic mass is 9.83. The summed E-state index contributed by atoms with van der Waals surface area (Å²) in [4.78, 5) is 4.22. The molecule has 0 saturated heterocycles. The predicted molar refractivity (Wildman–Crippen MR) is 77.9 cm³/mol. The lowest BCUT2D eigenvalue weighted by Crippen LogP contribution is -2.12. The van der Waals surface area contributed by atoms with Crippen molar-refractivity contribution in [1.29, 1.82) is 0 Å². The normalized spacial score (nSPS) is 25.0. The van der Waals surface area contributed by atoms with Gasteiger partial charge >= 0.3 is 0 Å². The van der Waals surface area contributed by atoms with Gasteiger partial charge in [-0.1, -0.05) is 30.3 Å². The van der Waals surface area contributed by atoms with Gasteiger partial charge in [-0.3, -0.25) is 0 Å². The maximum atomic E-state index is 12.3. The maximum Gasteiger partial charge on any atom is 0.267 e. The van der Waals surface area contributed by atoms with Gasteiger partial charge in [-0.15, -0.1) is 5.10 Å². The Balaban J connectivity index is 1.78. The van der Waals surface area contributed by atoms with Gasteiger partial charge in [0, 0.05) is 0 Å². The van der Waals surface area contributed by atoms with Gasteiger partial charge in [-0.2, -0.15) is 0 Å². The first kappa shape index (κ1) is 13.1. The lowest BCUT2D eigenvalue weighted by Gasteiger charge is -2.12. The molecule has 0 unspecified atom stereocenters. The molecule has 1 aromatic heterocycles. The average molecular weight is 299 g/mol. The van der Waals surface area contributed by atoms with E-state index in [-0.39, 0.29) is 22.3 Å². The lowest BCUT2D eigenvalue weighted by molar-refractivity contribution is 0.531. The van der Waals surface area contributed by atoms with E-state index in [9.17, 15) is 8.42 Å². The summed E-state index contributed by atoms with van der Waals surface area (Å²) in [5, 5.41) is 3.91. The fourth-order valence-electron chi connectivity index (χ4n) is 2.84. The van der Waals surface area contributed by atoms with Crippen molar-refractivity contribution in [1.82, 2.24) is 14.8 Å². The second-order valence-electron chi connectivity index (χ2n) is 5.71. The molecule has 4 rings (SSSR count). The number of aromatic nitrogens is 3. The van der Waals surface area contributed by atoms with Crippen LogP contribution in [0.3, 0.4) is 0 Å². The maximum absolute atomic E-state index is 12.3. The molecule has 7 heteroatoms. The van der Waals surface area contributed by atoms with Gasteiger partial charge in [0.2, 0.25) is 9.84 Å². The van der Waals surface area contributed by atoms with Crippen molar-refractivity contribution in [2.75, 3.05) is 0 Å². The molecule has 1 aromatic carbocycles. The summed E-state index contributed by atoms with van der Waals surface area (Å²) in [6, 6.07) is 9.83. The molecule has 2 radical (unpaired) electrons. The first-order valence-corrected chi connectivity index (χ1v) is 8.63. The molecule has 106 valence electrons. The number of sulfone groups is 1. The van der Waals surface area contributed by atoms with Crippen LogP contribution in [0, 0.1) is 0 Å². The molecule has 2 aromatic rings. The summed E-state index contributed by atoms with van der Waals surface area (Å²) in [6.07, 6.45) is 2.11. The Morgan fingerprint density at radius 2 is 1.90 bits per heavy atom. The Morgan fingerprint density at radius 3 is 2.57 bits per heavy atom. The zero-order valence-corrected chi connectivity index (χ0v) is 12.2.